The van der Waals surface area contributed by atoms with E-state index >= 15 is 0 Å². The molecule has 4 nitrogen and oxygen atoms in total. The molecule has 0 unspecified atom stereocenters. The van der Waals surface area contributed by atoms with E-state index in [9.17, 15) is 4.79 Å². The quantitative estimate of drug-likeness (QED) is 0.311. The van der Waals surface area contributed by atoms with Gasteiger partial charge >= 0.3 is 0 Å². The topological polar surface area (TPSA) is 47.6 Å². The van der Waals surface area contributed by atoms with Crippen LogP contribution in [0.2, 0.25) is 0 Å². The first kappa shape index (κ1) is 23.4. The molecule has 0 saturated carbocycles. The molecule has 6 rings (SSSR count). The predicted molar refractivity (Wildman–Crippen MR) is 149 cm³/mol. The van der Waals surface area contributed by atoms with E-state index in [2.05, 4.69) is 55.6 Å². The maximum Gasteiger partial charge on any atom is 0.162 e. The first-order chi connectivity index (χ1) is 17.9. The van der Waals surface area contributed by atoms with Crippen LogP contribution in [-0.2, 0) is 11.4 Å². The number of rotatable bonds is 5. The van der Waals surface area contributed by atoms with Crippen molar-refractivity contribution in [2.24, 2.45) is 5.41 Å². The van der Waals surface area contributed by atoms with Crippen LogP contribution in [0.4, 0.5) is 5.69 Å². The standard InChI is InChI=1S/C33H31NO3/c1-33(2)18-25-30-24-12-8-7-11-22(24)13-15-26(30)34-32(31(25)27(35)19-33)23-14-16-28(29(17-23)36-3)37-20-21-9-5-4-6-10-21/h4-17,32,34H,18-20H2,1-3H3/t32-/m0/s1. The summed E-state index contributed by atoms with van der Waals surface area (Å²) in [5, 5.41) is 6.09. The number of carbonyl (C=O) groups is 1. The number of Topliss-reactive ketones (excluding diaryl/α,β-unsaturated/α-hetero) is 1. The molecule has 0 saturated heterocycles. The van der Waals surface area contributed by atoms with Crippen molar-refractivity contribution in [1.29, 1.82) is 0 Å². The van der Waals surface area contributed by atoms with Gasteiger partial charge in [0.25, 0.3) is 0 Å². The molecule has 1 atom stereocenters. The van der Waals surface area contributed by atoms with E-state index in [0.29, 0.717) is 24.5 Å². The van der Waals surface area contributed by atoms with E-state index in [4.69, 9.17) is 9.47 Å². The molecule has 4 heteroatoms. The van der Waals surface area contributed by atoms with Gasteiger partial charge in [-0.3, -0.25) is 4.79 Å². The second-order valence-electron chi connectivity index (χ2n) is 10.8. The number of nitrogens with one attached hydrogen (secondary N) is 1. The van der Waals surface area contributed by atoms with Crippen molar-refractivity contribution < 1.29 is 14.3 Å². The molecule has 4 aromatic carbocycles. The van der Waals surface area contributed by atoms with E-state index < -0.39 is 0 Å². The average molecular weight is 490 g/mol. The number of ketones is 1. The van der Waals surface area contributed by atoms with Crippen molar-refractivity contribution in [2.45, 2.75) is 39.3 Å². The summed E-state index contributed by atoms with van der Waals surface area (Å²) in [5.41, 5.74) is 6.28. The fourth-order valence-electron chi connectivity index (χ4n) is 5.81. The molecular weight excluding hydrogens is 458 g/mol. The van der Waals surface area contributed by atoms with Crippen LogP contribution in [0.3, 0.4) is 0 Å². The molecule has 4 aromatic rings. The van der Waals surface area contributed by atoms with E-state index in [1.54, 1.807) is 7.11 Å². The Labute approximate surface area is 217 Å². The number of hydrogen-bond donors (Lipinski definition) is 1. The highest BCUT2D eigenvalue weighted by atomic mass is 16.5. The molecule has 186 valence electrons. The lowest BCUT2D eigenvalue weighted by Gasteiger charge is -2.40. The summed E-state index contributed by atoms with van der Waals surface area (Å²) in [6.45, 7) is 4.85. The number of benzene rings is 4. The zero-order valence-electron chi connectivity index (χ0n) is 21.5. The molecule has 0 amide bonds. The van der Waals surface area contributed by atoms with Crippen LogP contribution in [0.5, 0.6) is 11.5 Å². The first-order valence-corrected chi connectivity index (χ1v) is 12.8. The lowest BCUT2D eigenvalue weighted by Crippen LogP contribution is -2.33. The number of fused-ring (bicyclic) bond motifs is 4. The van der Waals surface area contributed by atoms with Gasteiger partial charge in [-0.1, -0.05) is 80.6 Å². The Morgan fingerprint density at radius 2 is 1.68 bits per heavy atom. The Bertz CT molecular complexity index is 1530. The molecule has 37 heavy (non-hydrogen) atoms. The minimum Gasteiger partial charge on any atom is -0.493 e. The molecule has 1 heterocycles. The minimum atomic E-state index is -0.246. The summed E-state index contributed by atoms with van der Waals surface area (Å²) in [6, 6.07) is 28.6. The Kier molecular flexibility index (Phi) is 5.75. The molecule has 0 bridgehead atoms. The summed E-state index contributed by atoms with van der Waals surface area (Å²) in [6.07, 6.45) is 1.40. The summed E-state index contributed by atoms with van der Waals surface area (Å²) in [5.74, 6) is 1.55. The normalized spacial score (nSPS) is 18.1. The number of carbonyl (C=O) groups excluding carboxylic acids is 1. The lowest BCUT2D eigenvalue weighted by molar-refractivity contribution is -0.118. The first-order valence-electron chi connectivity index (χ1n) is 12.8. The SMILES string of the molecule is COc1cc([C@@H]2Nc3ccc4ccccc4c3C3=C2C(=O)CC(C)(C)C3)ccc1OCc1ccccc1. The summed E-state index contributed by atoms with van der Waals surface area (Å²) < 4.78 is 11.8. The highest BCUT2D eigenvalue weighted by Crippen LogP contribution is 2.52. The van der Waals surface area contributed by atoms with Crippen LogP contribution in [0.25, 0.3) is 16.3 Å². The fraction of sp³-hybridized carbons (Fsp3) is 0.242. The maximum absolute atomic E-state index is 13.7. The van der Waals surface area contributed by atoms with Gasteiger partial charge < -0.3 is 14.8 Å². The monoisotopic (exact) mass is 489 g/mol. The fourth-order valence-corrected chi connectivity index (χ4v) is 5.81. The summed E-state index contributed by atoms with van der Waals surface area (Å²) >= 11 is 0. The van der Waals surface area contributed by atoms with E-state index in [-0.39, 0.29) is 17.2 Å². The Morgan fingerprint density at radius 1 is 0.892 bits per heavy atom. The maximum atomic E-state index is 13.7. The van der Waals surface area contributed by atoms with Crippen LogP contribution < -0.4 is 14.8 Å². The number of anilines is 1. The van der Waals surface area contributed by atoms with Gasteiger partial charge in [0.15, 0.2) is 17.3 Å². The molecule has 1 aliphatic carbocycles. The zero-order chi connectivity index (χ0) is 25.6. The van der Waals surface area contributed by atoms with Gasteiger partial charge in [-0.05, 0) is 57.5 Å². The highest BCUT2D eigenvalue weighted by molar-refractivity contribution is 6.12. The van der Waals surface area contributed by atoms with E-state index in [1.165, 1.54) is 21.9 Å². The molecule has 0 fully saturated rings. The van der Waals surface area contributed by atoms with Crippen LogP contribution in [0, 0.1) is 5.41 Å². The van der Waals surface area contributed by atoms with Crippen molar-refractivity contribution in [3.05, 3.63) is 107 Å². The van der Waals surface area contributed by atoms with Crippen LogP contribution >= 0.6 is 0 Å². The third-order valence-corrected chi connectivity index (χ3v) is 7.50. The van der Waals surface area contributed by atoms with Gasteiger partial charge in [0.1, 0.15) is 6.61 Å². The Hall–Kier alpha value is -4.05. The molecule has 1 N–H and O–H groups in total. The second-order valence-corrected chi connectivity index (χ2v) is 10.8. The van der Waals surface area contributed by atoms with Gasteiger partial charge in [-0.2, -0.15) is 0 Å². The zero-order valence-corrected chi connectivity index (χ0v) is 21.5. The molecular formula is C33H31NO3. The average Bonchev–Trinajstić information content (AvgIpc) is 2.91. The number of methoxy groups -OCH3 is 1. The van der Waals surface area contributed by atoms with Gasteiger partial charge in [0, 0.05) is 23.2 Å². The minimum absolute atomic E-state index is 0.0845. The highest BCUT2D eigenvalue weighted by Gasteiger charge is 2.41. The third-order valence-electron chi connectivity index (χ3n) is 7.50. The number of allylic oxidation sites excluding steroid dienone is 1. The Morgan fingerprint density at radius 3 is 2.49 bits per heavy atom. The van der Waals surface area contributed by atoms with Crippen molar-refractivity contribution >= 4 is 27.8 Å². The van der Waals surface area contributed by atoms with Crippen molar-refractivity contribution in [2.75, 3.05) is 12.4 Å². The second kappa shape index (κ2) is 9.11. The van der Waals surface area contributed by atoms with Crippen LogP contribution in [-0.4, -0.2) is 12.9 Å². The van der Waals surface area contributed by atoms with Crippen molar-refractivity contribution in [3.63, 3.8) is 0 Å². The predicted octanol–water partition coefficient (Wildman–Crippen LogP) is 7.74. The molecule has 0 spiro atoms. The third kappa shape index (κ3) is 4.27. The van der Waals surface area contributed by atoms with Crippen LogP contribution in [0.1, 0.15) is 49.4 Å². The van der Waals surface area contributed by atoms with Gasteiger partial charge in [-0.25, -0.2) is 0 Å². The Balaban J connectivity index is 1.43. The van der Waals surface area contributed by atoms with Gasteiger partial charge in [0.2, 0.25) is 0 Å². The van der Waals surface area contributed by atoms with Crippen molar-refractivity contribution in [1.82, 2.24) is 0 Å². The van der Waals surface area contributed by atoms with Crippen molar-refractivity contribution in [3.8, 4) is 11.5 Å². The number of ether oxygens (including phenoxy) is 2. The van der Waals surface area contributed by atoms with Gasteiger partial charge in [-0.15, -0.1) is 0 Å². The summed E-state index contributed by atoms with van der Waals surface area (Å²) in [7, 11) is 1.66. The molecule has 0 aromatic heterocycles. The lowest BCUT2D eigenvalue weighted by atomic mass is 9.68. The largest absolute Gasteiger partial charge is 0.493 e. The van der Waals surface area contributed by atoms with Gasteiger partial charge in [0.05, 0.1) is 13.2 Å². The summed E-state index contributed by atoms with van der Waals surface area (Å²) in [4.78, 5) is 13.7. The van der Waals surface area contributed by atoms with E-state index in [1.807, 2.05) is 48.5 Å². The number of hydrogen-bond acceptors (Lipinski definition) is 4. The smallest absolute Gasteiger partial charge is 0.162 e. The molecule has 0 radical (unpaired) electrons. The molecule has 1 aliphatic heterocycles. The van der Waals surface area contributed by atoms with Crippen LogP contribution in [0.15, 0.2) is 90.5 Å². The van der Waals surface area contributed by atoms with E-state index in [0.717, 1.165) is 28.8 Å². The molecule has 2 aliphatic rings.